The molecule has 2 rings (SSSR count). The van der Waals surface area contributed by atoms with E-state index < -0.39 is 6.04 Å². The summed E-state index contributed by atoms with van der Waals surface area (Å²) in [5.74, 6) is 0.393. The lowest BCUT2D eigenvalue weighted by molar-refractivity contribution is -0.141. The van der Waals surface area contributed by atoms with Crippen LogP contribution >= 0.6 is 0 Å². The Kier molecular flexibility index (Phi) is 4.47. The molecule has 0 bridgehead atoms. The first kappa shape index (κ1) is 14.9. The molecule has 0 aliphatic carbocycles. The van der Waals surface area contributed by atoms with Crippen LogP contribution in [0.2, 0.25) is 0 Å². The molecular formula is C15H19N3O3. The van der Waals surface area contributed by atoms with Crippen LogP contribution in [0, 0.1) is 13.8 Å². The van der Waals surface area contributed by atoms with E-state index in [1.807, 2.05) is 38.1 Å². The zero-order valence-electron chi connectivity index (χ0n) is 12.6. The molecular weight excluding hydrogens is 270 g/mol. The van der Waals surface area contributed by atoms with Crippen LogP contribution < -0.4 is 10.1 Å². The van der Waals surface area contributed by atoms with Gasteiger partial charge in [-0.2, -0.15) is 5.10 Å². The van der Waals surface area contributed by atoms with Crippen LogP contribution in [0.25, 0.3) is 0 Å². The second-order valence-corrected chi connectivity index (χ2v) is 4.68. The molecule has 0 saturated carbocycles. The number of nitrogens with zero attached hydrogens (tertiary/aromatic N) is 1. The number of carbonyl (C=O) groups excluding carboxylic acids is 1. The number of rotatable bonds is 5. The van der Waals surface area contributed by atoms with E-state index in [0.717, 1.165) is 28.4 Å². The second kappa shape index (κ2) is 6.30. The molecule has 21 heavy (non-hydrogen) atoms. The molecule has 1 unspecified atom stereocenters. The largest absolute Gasteiger partial charge is 0.497 e. The molecule has 112 valence electrons. The first-order valence-electron chi connectivity index (χ1n) is 6.56. The maximum Gasteiger partial charge on any atom is 0.333 e. The molecule has 0 spiro atoms. The summed E-state index contributed by atoms with van der Waals surface area (Å²) >= 11 is 0. The first-order valence-corrected chi connectivity index (χ1v) is 6.56. The summed E-state index contributed by atoms with van der Waals surface area (Å²) in [4.78, 5) is 12.1. The van der Waals surface area contributed by atoms with Gasteiger partial charge in [-0.1, -0.05) is 0 Å². The number of ether oxygens (including phenoxy) is 2. The van der Waals surface area contributed by atoms with Gasteiger partial charge in [0.05, 0.1) is 19.9 Å². The summed E-state index contributed by atoms with van der Waals surface area (Å²) in [5.41, 5.74) is 3.21. The minimum absolute atomic E-state index is 0.363. The normalized spacial score (nSPS) is 11.8. The van der Waals surface area contributed by atoms with Crippen LogP contribution in [0.15, 0.2) is 24.3 Å². The number of anilines is 1. The highest BCUT2D eigenvalue weighted by molar-refractivity contribution is 5.81. The van der Waals surface area contributed by atoms with Gasteiger partial charge in [-0.3, -0.25) is 5.10 Å². The Balaban J connectivity index is 2.30. The van der Waals surface area contributed by atoms with Crippen molar-refractivity contribution < 1.29 is 14.3 Å². The summed E-state index contributed by atoms with van der Waals surface area (Å²) in [7, 11) is 2.98. The lowest BCUT2D eigenvalue weighted by atomic mass is 10.0. The monoisotopic (exact) mass is 289 g/mol. The highest BCUT2D eigenvalue weighted by Crippen LogP contribution is 2.26. The number of hydrogen-bond acceptors (Lipinski definition) is 5. The molecule has 0 saturated heterocycles. The van der Waals surface area contributed by atoms with Gasteiger partial charge < -0.3 is 14.8 Å². The molecule has 0 aliphatic heterocycles. The van der Waals surface area contributed by atoms with Crippen LogP contribution in [0.5, 0.6) is 5.75 Å². The van der Waals surface area contributed by atoms with Crippen molar-refractivity contribution in [1.82, 2.24) is 10.2 Å². The molecule has 1 atom stereocenters. The van der Waals surface area contributed by atoms with Crippen molar-refractivity contribution in [3.63, 3.8) is 0 Å². The molecule has 0 fully saturated rings. The van der Waals surface area contributed by atoms with Gasteiger partial charge >= 0.3 is 5.97 Å². The fraction of sp³-hybridized carbons (Fsp3) is 0.333. The van der Waals surface area contributed by atoms with Crippen LogP contribution in [0.4, 0.5) is 5.69 Å². The Morgan fingerprint density at radius 2 is 1.90 bits per heavy atom. The van der Waals surface area contributed by atoms with E-state index >= 15 is 0 Å². The number of benzene rings is 1. The third kappa shape index (κ3) is 3.16. The van der Waals surface area contributed by atoms with Crippen LogP contribution in [0.1, 0.15) is 23.0 Å². The fourth-order valence-electron chi connectivity index (χ4n) is 2.21. The molecule has 0 amide bonds. The third-order valence-electron chi connectivity index (χ3n) is 3.31. The van der Waals surface area contributed by atoms with Crippen molar-refractivity contribution in [2.75, 3.05) is 19.5 Å². The maximum absolute atomic E-state index is 12.1. The molecule has 1 heterocycles. The highest BCUT2D eigenvalue weighted by atomic mass is 16.5. The first-order chi connectivity index (χ1) is 10.1. The van der Waals surface area contributed by atoms with E-state index in [-0.39, 0.29) is 5.97 Å². The summed E-state index contributed by atoms with van der Waals surface area (Å²) in [6, 6.07) is 6.73. The zero-order chi connectivity index (χ0) is 15.4. The van der Waals surface area contributed by atoms with E-state index in [4.69, 9.17) is 9.47 Å². The second-order valence-electron chi connectivity index (χ2n) is 4.68. The molecule has 1 aromatic heterocycles. The van der Waals surface area contributed by atoms with Gasteiger partial charge in [-0.05, 0) is 38.1 Å². The van der Waals surface area contributed by atoms with E-state index in [9.17, 15) is 4.79 Å². The Morgan fingerprint density at radius 3 is 2.38 bits per heavy atom. The lowest BCUT2D eigenvalue weighted by Gasteiger charge is -2.18. The smallest absolute Gasteiger partial charge is 0.333 e. The fourth-order valence-corrected chi connectivity index (χ4v) is 2.21. The van der Waals surface area contributed by atoms with Gasteiger partial charge in [0.1, 0.15) is 5.75 Å². The van der Waals surface area contributed by atoms with Crippen molar-refractivity contribution in [3.8, 4) is 5.75 Å². The standard InChI is InChI=1S/C15H19N3O3/c1-9-13(10(2)18-17-9)14(15(19)21-4)16-11-5-7-12(20-3)8-6-11/h5-8,14,16H,1-4H3,(H,17,18). The Labute approximate surface area is 123 Å². The Morgan fingerprint density at radius 1 is 1.24 bits per heavy atom. The minimum Gasteiger partial charge on any atom is -0.497 e. The zero-order valence-corrected chi connectivity index (χ0v) is 12.6. The molecule has 2 aromatic rings. The number of H-pyrrole nitrogens is 1. The van der Waals surface area contributed by atoms with Crippen molar-refractivity contribution in [1.29, 1.82) is 0 Å². The molecule has 0 radical (unpaired) electrons. The Hall–Kier alpha value is -2.50. The summed E-state index contributed by atoms with van der Waals surface area (Å²) in [6.45, 7) is 3.73. The minimum atomic E-state index is -0.609. The number of aromatic amines is 1. The summed E-state index contributed by atoms with van der Waals surface area (Å²) < 4.78 is 10.0. The number of hydrogen-bond donors (Lipinski definition) is 2. The van der Waals surface area contributed by atoms with E-state index in [0.29, 0.717) is 0 Å². The number of esters is 1. The average molecular weight is 289 g/mol. The molecule has 6 heteroatoms. The van der Waals surface area contributed by atoms with Gasteiger partial charge in [0.25, 0.3) is 0 Å². The molecule has 2 N–H and O–H groups in total. The van der Waals surface area contributed by atoms with Crippen molar-refractivity contribution >= 4 is 11.7 Å². The maximum atomic E-state index is 12.1. The average Bonchev–Trinajstić information content (AvgIpc) is 2.84. The van der Waals surface area contributed by atoms with Gasteiger partial charge in [0.15, 0.2) is 6.04 Å². The van der Waals surface area contributed by atoms with E-state index in [1.165, 1.54) is 7.11 Å². The van der Waals surface area contributed by atoms with Gasteiger partial charge in [-0.15, -0.1) is 0 Å². The summed E-state index contributed by atoms with van der Waals surface area (Å²) in [5, 5.41) is 10.2. The van der Waals surface area contributed by atoms with Gasteiger partial charge in [0.2, 0.25) is 0 Å². The number of methoxy groups -OCH3 is 2. The Bertz CT molecular complexity index is 600. The number of aromatic nitrogens is 2. The van der Waals surface area contributed by atoms with Crippen molar-refractivity contribution in [3.05, 3.63) is 41.2 Å². The number of aryl methyl sites for hydroxylation is 2. The number of nitrogens with one attached hydrogen (secondary N) is 2. The van der Waals surface area contributed by atoms with Crippen molar-refractivity contribution in [2.45, 2.75) is 19.9 Å². The third-order valence-corrected chi connectivity index (χ3v) is 3.31. The van der Waals surface area contributed by atoms with E-state index in [1.54, 1.807) is 7.11 Å². The summed E-state index contributed by atoms with van der Waals surface area (Å²) in [6.07, 6.45) is 0. The van der Waals surface area contributed by atoms with Gasteiger partial charge in [0, 0.05) is 16.9 Å². The quantitative estimate of drug-likeness (QED) is 0.826. The van der Waals surface area contributed by atoms with Crippen LogP contribution in [0.3, 0.4) is 0 Å². The molecule has 0 aliphatic rings. The van der Waals surface area contributed by atoms with Crippen molar-refractivity contribution in [2.24, 2.45) is 0 Å². The van der Waals surface area contributed by atoms with Crippen LogP contribution in [-0.4, -0.2) is 30.4 Å². The highest BCUT2D eigenvalue weighted by Gasteiger charge is 2.26. The molecule has 6 nitrogen and oxygen atoms in total. The lowest BCUT2D eigenvalue weighted by Crippen LogP contribution is -2.23. The van der Waals surface area contributed by atoms with E-state index in [2.05, 4.69) is 15.5 Å². The topological polar surface area (TPSA) is 76.2 Å². The van der Waals surface area contributed by atoms with Gasteiger partial charge in [-0.25, -0.2) is 4.79 Å². The predicted octanol–water partition coefficient (Wildman–Crippen LogP) is 2.36. The predicted molar refractivity (Wildman–Crippen MR) is 79.4 cm³/mol. The molecule has 1 aromatic carbocycles. The SMILES string of the molecule is COC(=O)C(Nc1ccc(OC)cc1)c1c(C)n[nH]c1C. The van der Waals surface area contributed by atoms with Crippen LogP contribution in [-0.2, 0) is 9.53 Å². The number of carbonyl (C=O) groups is 1.